The molecule has 1 N–H and O–H groups in total. The molecule has 0 unspecified atom stereocenters. The van der Waals surface area contributed by atoms with Gasteiger partial charge in [-0.25, -0.2) is 0 Å². The quantitative estimate of drug-likeness (QED) is 0.326. The molecule has 0 radical (unpaired) electrons. The van der Waals surface area contributed by atoms with Gasteiger partial charge in [0.15, 0.2) is 0 Å². The first-order valence-corrected chi connectivity index (χ1v) is 15.2. The molecule has 0 saturated heterocycles. The highest BCUT2D eigenvalue weighted by molar-refractivity contribution is 6.32. The van der Waals surface area contributed by atoms with Crippen molar-refractivity contribution >= 4 is 9.52 Å². The van der Waals surface area contributed by atoms with E-state index in [1.54, 1.807) is 5.56 Å². The maximum absolute atomic E-state index is 11.1. The van der Waals surface area contributed by atoms with Crippen LogP contribution < -0.4 is 0 Å². The molecule has 0 fully saturated rings. The minimum atomic E-state index is -0.0637. The molecule has 1 nitrogen and oxygen atoms in total. The number of para-hydroxylation sites is 1. The van der Waals surface area contributed by atoms with Crippen molar-refractivity contribution in [2.24, 2.45) is 0 Å². The Morgan fingerprint density at radius 2 is 1.03 bits per heavy atom. The van der Waals surface area contributed by atoms with E-state index in [1.165, 1.54) is 33.9 Å². The molecule has 176 valence electrons. The summed E-state index contributed by atoms with van der Waals surface area (Å²) in [6.07, 6.45) is 1.75. The number of hydrogen-bond donors (Lipinski definition) is 1. The minimum absolute atomic E-state index is 0.0637. The van der Waals surface area contributed by atoms with Gasteiger partial charge in [0.25, 0.3) is 0 Å². The Morgan fingerprint density at radius 3 is 1.55 bits per heavy atom. The molecular weight excluding hydrogens is 416 g/mol. The highest BCUT2D eigenvalue weighted by atomic mass is 28.2. The molecule has 0 aliphatic rings. The smallest absolute Gasteiger partial charge is 0.122 e. The molecule has 0 atom stereocenters. The number of benzene rings is 3. The predicted octanol–water partition coefficient (Wildman–Crippen LogP) is 7.66. The fraction of sp³-hybridized carbons (Fsp3) is 0.419. The fourth-order valence-corrected chi connectivity index (χ4v) is 6.10. The van der Waals surface area contributed by atoms with Gasteiger partial charge in [-0.2, -0.15) is 0 Å². The van der Waals surface area contributed by atoms with Crippen LogP contribution in [0.5, 0.6) is 5.75 Å². The molecule has 3 aromatic carbocycles. The van der Waals surface area contributed by atoms with Crippen molar-refractivity contribution in [2.75, 3.05) is 0 Å². The van der Waals surface area contributed by atoms with Gasteiger partial charge in [-0.15, -0.1) is 0 Å². The van der Waals surface area contributed by atoms with Crippen LogP contribution in [0.25, 0.3) is 0 Å². The maximum atomic E-state index is 11.1. The van der Waals surface area contributed by atoms with Gasteiger partial charge in [-0.05, 0) is 74.7 Å². The first-order valence-electron chi connectivity index (χ1n) is 12.8. The van der Waals surface area contributed by atoms with Crippen LogP contribution in [0, 0.1) is 0 Å². The third-order valence-corrected chi connectivity index (χ3v) is 7.93. The highest BCUT2D eigenvalue weighted by Gasteiger charge is 2.18. The van der Waals surface area contributed by atoms with E-state index < -0.39 is 0 Å². The Balaban J connectivity index is 2.13. The number of phenolic OH excluding ortho intramolecular Hbond substituents is 1. The van der Waals surface area contributed by atoms with E-state index in [-0.39, 0.29) is 9.52 Å². The van der Waals surface area contributed by atoms with Crippen molar-refractivity contribution in [3.63, 3.8) is 0 Å². The largest absolute Gasteiger partial charge is 0.507 e. The Labute approximate surface area is 204 Å². The van der Waals surface area contributed by atoms with Gasteiger partial charge < -0.3 is 5.11 Å². The van der Waals surface area contributed by atoms with Crippen LogP contribution in [0.2, 0.25) is 6.55 Å². The first kappa shape index (κ1) is 25.3. The summed E-state index contributed by atoms with van der Waals surface area (Å²) in [4.78, 5) is 0. The Bertz CT molecular complexity index is 1080. The van der Waals surface area contributed by atoms with Gasteiger partial charge in [-0.1, -0.05) is 103 Å². The lowest BCUT2D eigenvalue weighted by Gasteiger charge is -2.22. The molecule has 0 aliphatic heterocycles. The normalized spacial score (nSPS) is 12.1. The Hall–Kier alpha value is -2.32. The summed E-state index contributed by atoms with van der Waals surface area (Å²) < 4.78 is 0. The third kappa shape index (κ3) is 5.79. The van der Waals surface area contributed by atoms with Gasteiger partial charge in [-0.3, -0.25) is 0 Å². The molecule has 3 rings (SSSR count). The number of phenols is 1. The van der Waals surface area contributed by atoms with E-state index in [1.807, 2.05) is 0 Å². The summed E-state index contributed by atoms with van der Waals surface area (Å²) in [5.74, 6) is 1.74. The average molecular weight is 459 g/mol. The van der Waals surface area contributed by atoms with Gasteiger partial charge in [0.1, 0.15) is 5.75 Å². The van der Waals surface area contributed by atoms with E-state index in [4.69, 9.17) is 0 Å². The van der Waals surface area contributed by atoms with Gasteiger partial charge in [0, 0.05) is 15.9 Å². The zero-order valence-corrected chi connectivity index (χ0v) is 23.1. The van der Waals surface area contributed by atoms with E-state index in [0.29, 0.717) is 23.5 Å². The second kappa shape index (κ2) is 11.2. The van der Waals surface area contributed by atoms with Crippen molar-refractivity contribution in [3.05, 3.63) is 99.1 Å². The molecular formula is C31H42OSi. The number of aromatic hydroxyl groups is 1. The minimum Gasteiger partial charge on any atom is -0.507 e. The first-order chi connectivity index (χ1) is 15.7. The van der Waals surface area contributed by atoms with Gasteiger partial charge in [0.05, 0.1) is 0 Å². The highest BCUT2D eigenvalue weighted by Crippen LogP contribution is 2.35. The molecule has 0 heterocycles. The second-order valence-electron chi connectivity index (χ2n) is 10.4. The van der Waals surface area contributed by atoms with Crippen LogP contribution in [-0.4, -0.2) is 14.6 Å². The molecule has 0 aliphatic carbocycles. The summed E-state index contributed by atoms with van der Waals surface area (Å²) in [6, 6.07) is 21.2. The zero-order chi connectivity index (χ0) is 24.1. The van der Waals surface area contributed by atoms with Crippen LogP contribution in [0.4, 0.5) is 0 Å². The van der Waals surface area contributed by atoms with Gasteiger partial charge in [0.2, 0.25) is 0 Å². The molecule has 2 heteroatoms. The lowest BCUT2D eigenvalue weighted by Crippen LogP contribution is -2.09. The summed E-state index contributed by atoms with van der Waals surface area (Å²) in [5.41, 5.74) is 10.8. The summed E-state index contributed by atoms with van der Waals surface area (Å²) in [6.45, 7) is 15.9. The van der Waals surface area contributed by atoms with Crippen molar-refractivity contribution in [1.29, 1.82) is 0 Å². The van der Waals surface area contributed by atoms with Crippen molar-refractivity contribution < 1.29 is 5.11 Å². The number of rotatable bonds is 9. The summed E-state index contributed by atoms with van der Waals surface area (Å²) >= 11 is 0. The fourth-order valence-electron chi connectivity index (χ4n) is 5.09. The van der Waals surface area contributed by atoms with Gasteiger partial charge >= 0.3 is 0 Å². The monoisotopic (exact) mass is 458 g/mol. The lowest BCUT2D eigenvalue weighted by molar-refractivity contribution is 0.459. The average Bonchev–Trinajstić information content (AvgIpc) is 2.76. The molecule has 0 saturated carbocycles. The van der Waals surface area contributed by atoms with Crippen LogP contribution in [0.15, 0.2) is 54.6 Å². The second-order valence-corrected chi connectivity index (χ2v) is 11.9. The topological polar surface area (TPSA) is 20.2 Å². The van der Waals surface area contributed by atoms with E-state index in [9.17, 15) is 5.11 Å². The van der Waals surface area contributed by atoms with Crippen LogP contribution in [0.3, 0.4) is 0 Å². The molecule has 0 spiro atoms. The molecule has 0 bridgehead atoms. The standard InChI is InChI=1S/C31H42OSi/c1-20(2)26-14-8-11-23(17-30-25(19-33-7)13-10-15-27(30)21(3)4)29(26)18-24-12-9-16-28(22(5)6)31(24)32/h8-16,20-22,32H,17-19,33H2,1-7H3. The Kier molecular flexibility index (Phi) is 8.59. The summed E-state index contributed by atoms with van der Waals surface area (Å²) in [5, 5.41) is 11.1. The van der Waals surface area contributed by atoms with E-state index >= 15 is 0 Å². The molecule has 0 aromatic heterocycles. The van der Waals surface area contributed by atoms with E-state index in [0.717, 1.165) is 24.0 Å². The Morgan fingerprint density at radius 1 is 0.606 bits per heavy atom. The lowest BCUT2D eigenvalue weighted by atomic mass is 9.83. The molecule has 33 heavy (non-hydrogen) atoms. The maximum Gasteiger partial charge on any atom is 0.122 e. The molecule has 0 amide bonds. The third-order valence-electron chi connectivity index (χ3n) is 6.89. The summed E-state index contributed by atoms with van der Waals surface area (Å²) in [7, 11) is -0.0637. The van der Waals surface area contributed by atoms with Crippen LogP contribution in [-0.2, 0) is 18.9 Å². The van der Waals surface area contributed by atoms with Crippen molar-refractivity contribution in [1.82, 2.24) is 0 Å². The SMILES string of the molecule is C[SiH2]Cc1cccc(C(C)C)c1Cc1cccc(C(C)C)c1Cc1cccc(C(C)C)c1O. The van der Waals surface area contributed by atoms with Crippen LogP contribution in [0.1, 0.15) is 104 Å². The zero-order valence-electron chi connectivity index (χ0n) is 21.7. The number of hydrogen-bond acceptors (Lipinski definition) is 1. The molecule has 3 aromatic rings. The van der Waals surface area contributed by atoms with E-state index in [2.05, 4.69) is 103 Å². The van der Waals surface area contributed by atoms with Crippen molar-refractivity contribution in [3.8, 4) is 5.75 Å². The van der Waals surface area contributed by atoms with Crippen molar-refractivity contribution in [2.45, 2.75) is 84.7 Å². The van der Waals surface area contributed by atoms with Crippen LogP contribution >= 0.6 is 0 Å². The predicted molar refractivity (Wildman–Crippen MR) is 147 cm³/mol.